The van der Waals surface area contributed by atoms with Crippen molar-refractivity contribution in [2.75, 3.05) is 20.8 Å². The molecule has 0 rings (SSSR count). The second-order valence-corrected chi connectivity index (χ2v) is 2.89. The Morgan fingerprint density at radius 3 is 1.92 bits per heavy atom. The fourth-order valence-corrected chi connectivity index (χ4v) is 1.10. The highest BCUT2D eigenvalue weighted by Gasteiger charge is 2.30. The molecule has 0 aromatic carbocycles. The highest BCUT2D eigenvalue weighted by molar-refractivity contribution is 4.80. The molecule has 0 amide bonds. The van der Waals surface area contributed by atoms with E-state index in [-0.39, 0.29) is 6.61 Å². The van der Waals surface area contributed by atoms with Gasteiger partial charge in [0.1, 0.15) is 18.3 Å². The van der Waals surface area contributed by atoms with E-state index in [0.29, 0.717) is 0 Å². The Balaban J connectivity index is 4.29. The molecular weight excluding hydrogens is 176 g/mol. The Bertz CT molecular complexity index is 122. The van der Waals surface area contributed by atoms with E-state index >= 15 is 0 Å². The number of rotatable bonds is 6. The molecule has 0 aliphatic heterocycles. The topological polar surface area (TPSA) is 79.2 Å². The zero-order valence-corrected chi connectivity index (χ0v) is 8.17. The van der Waals surface area contributed by atoms with Crippen molar-refractivity contribution in [3.8, 4) is 0 Å². The lowest BCUT2D eigenvalue weighted by Gasteiger charge is -2.28. The van der Waals surface area contributed by atoms with Crippen LogP contribution in [0.3, 0.4) is 0 Å². The SMILES string of the molecule is CO[C@H]([C@@H](O)[C@H](C)O)[C@H](CO)OC. The number of hydrogen-bond acceptors (Lipinski definition) is 5. The summed E-state index contributed by atoms with van der Waals surface area (Å²) in [4.78, 5) is 0. The lowest BCUT2D eigenvalue weighted by molar-refractivity contribution is -0.136. The van der Waals surface area contributed by atoms with Crippen molar-refractivity contribution >= 4 is 0 Å². The molecule has 0 aromatic rings. The van der Waals surface area contributed by atoms with E-state index in [1.54, 1.807) is 0 Å². The number of methoxy groups -OCH3 is 2. The number of hydrogen-bond donors (Lipinski definition) is 3. The summed E-state index contributed by atoms with van der Waals surface area (Å²) in [5.74, 6) is 0. The fraction of sp³-hybridized carbons (Fsp3) is 1.00. The van der Waals surface area contributed by atoms with E-state index in [2.05, 4.69) is 0 Å². The van der Waals surface area contributed by atoms with E-state index < -0.39 is 24.4 Å². The summed E-state index contributed by atoms with van der Waals surface area (Å²) in [6, 6.07) is 0. The minimum absolute atomic E-state index is 0.265. The van der Waals surface area contributed by atoms with E-state index in [0.717, 1.165) is 0 Å². The largest absolute Gasteiger partial charge is 0.394 e. The molecule has 0 fully saturated rings. The van der Waals surface area contributed by atoms with Crippen LogP contribution in [-0.4, -0.2) is 60.6 Å². The average molecular weight is 194 g/mol. The van der Waals surface area contributed by atoms with Gasteiger partial charge in [0.05, 0.1) is 12.7 Å². The summed E-state index contributed by atoms with van der Waals surface area (Å²) in [6.07, 6.45) is -3.35. The molecule has 3 N–H and O–H groups in total. The van der Waals surface area contributed by atoms with E-state index in [4.69, 9.17) is 19.7 Å². The lowest BCUT2D eigenvalue weighted by atomic mass is 10.0. The molecule has 0 spiro atoms. The first kappa shape index (κ1) is 12.8. The maximum absolute atomic E-state index is 9.45. The molecule has 5 nitrogen and oxygen atoms in total. The Morgan fingerprint density at radius 2 is 1.69 bits per heavy atom. The van der Waals surface area contributed by atoms with Crippen LogP contribution in [-0.2, 0) is 9.47 Å². The zero-order valence-electron chi connectivity index (χ0n) is 8.17. The maximum atomic E-state index is 9.45. The highest BCUT2D eigenvalue weighted by atomic mass is 16.5. The third-order valence-electron chi connectivity index (χ3n) is 1.95. The predicted octanol–water partition coefficient (Wildman–Crippen LogP) is -1.25. The molecule has 0 bridgehead atoms. The van der Waals surface area contributed by atoms with Crippen LogP contribution < -0.4 is 0 Å². The van der Waals surface area contributed by atoms with Crippen molar-refractivity contribution in [1.82, 2.24) is 0 Å². The highest BCUT2D eigenvalue weighted by Crippen LogP contribution is 2.10. The zero-order chi connectivity index (χ0) is 10.4. The summed E-state index contributed by atoms with van der Waals surface area (Å²) >= 11 is 0. The van der Waals surface area contributed by atoms with E-state index in [1.807, 2.05) is 0 Å². The van der Waals surface area contributed by atoms with Gasteiger partial charge in [0.15, 0.2) is 0 Å². The Labute approximate surface area is 77.9 Å². The monoisotopic (exact) mass is 194 g/mol. The number of aliphatic hydroxyl groups excluding tert-OH is 3. The average Bonchev–Trinajstić information content (AvgIpc) is 2.12. The second-order valence-electron chi connectivity index (χ2n) is 2.89. The van der Waals surface area contributed by atoms with Crippen molar-refractivity contribution in [3.05, 3.63) is 0 Å². The van der Waals surface area contributed by atoms with Crippen molar-refractivity contribution in [1.29, 1.82) is 0 Å². The molecule has 0 aliphatic rings. The quantitative estimate of drug-likeness (QED) is 0.492. The van der Waals surface area contributed by atoms with Crippen molar-refractivity contribution in [2.45, 2.75) is 31.3 Å². The van der Waals surface area contributed by atoms with Gasteiger partial charge in [0.25, 0.3) is 0 Å². The van der Waals surface area contributed by atoms with Crippen molar-refractivity contribution in [3.63, 3.8) is 0 Å². The van der Waals surface area contributed by atoms with Crippen LogP contribution in [0.5, 0.6) is 0 Å². The molecule has 0 heterocycles. The van der Waals surface area contributed by atoms with Crippen LogP contribution in [0.15, 0.2) is 0 Å². The van der Waals surface area contributed by atoms with Crippen molar-refractivity contribution < 1.29 is 24.8 Å². The Morgan fingerprint density at radius 1 is 1.15 bits per heavy atom. The van der Waals surface area contributed by atoms with Gasteiger partial charge in [-0.1, -0.05) is 0 Å². The summed E-state index contributed by atoms with van der Waals surface area (Å²) in [5.41, 5.74) is 0. The van der Waals surface area contributed by atoms with Gasteiger partial charge >= 0.3 is 0 Å². The van der Waals surface area contributed by atoms with Crippen LogP contribution in [0.4, 0.5) is 0 Å². The first-order valence-electron chi connectivity index (χ1n) is 4.11. The fourth-order valence-electron chi connectivity index (χ4n) is 1.10. The van der Waals surface area contributed by atoms with Gasteiger partial charge < -0.3 is 24.8 Å². The minimum atomic E-state index is -1.07. The summed E-state index contributed by atoms with van der Waals surface area (Å²) in [6.45, 7) is 1.18. The molecule has 0 aliphatic carbocycles. The van der Waals surface area contributed by atoms with E-state index in [9.17, 15) is 5.11 Å². The molecule has 5 heteroatoms. The Kier molecular flexibility index (Phi) is 6.19. The molecule has 0 saturated carbocycles. The van der Waals surface area contributed by atoms with Gasteiger partial charge in [0.2, 0.25) is 0 Å². The molecule has 80 valence electrons. The molecule has 4 atom stereocenters. The summed E-state index contributed by atoms with van der Waals surface area (Å²) in [7, 11) is 2.79. The van der Waals surface area contributed by atoms with Crippen LogP contribution >= 0.6 is 0 Å². The van der Waals surface area contributed by atoms with Gasteiger partial charge in [-0.2, -0.15) is 0 Å². The molecule has 0 radical (unpaired) electrons. The number of ether oxygens (including phenoxy) is 2. The third-order valence-corrected chi connectivity index (χ3v) is 1.95. The van der Waals surface area contributed by atoms with Crippen LogP contribution in [0.1, 0.15) is 6.92 Å². The van der Waals surface area contributed by atoms with E-state index in [1.165, 1.54) is 21.1 Å². The molecule has 13 heavy (non-hydrogen) atoms. The second kappa shape index (κ2) is 6.28. The first-order chi connectivity index (χ1) is 6.08. The predicted molar refractivity (Wildman–Crippen MR) is 46.4 cm³/mol. The van der Waals surface area contributed by atoms with Gasteiger partial charge in [0, 0.05) is 14.2 Å². The lowest BCUT2D eigenvalue weighted by Crippen LogP contribution is -2.46. The molecule has 0 saturated heterocycles. The summed E-state index contributed by atoms with van der Waals surface area (Å²) in [5, 5.41) is 27.4. The van der Waals surface area contributed by atoms with Gasteiger partial charge in [-0.15, -0.1) is 0 Å². The van der Waals surface area contributed by atoms with Crippen LogP contribution in [0.2, 0.25) is 0 Å². The van der Waals surface area contributed by atoms with Crippen LogP contribution in [0, 0.1) is 0 Å². The maximum Gasteiger partial charge on any atom is 0.114 e. The Hall–Kier alpha value is -0.200. The van der Waals surface area contributed by atoms with Crippen LogP contribution in [0.25, 0.3) is 0 Å². The summed E-state index contributed by atoms with van der Waals surface area (Å²) < 4.78 is 9.80. The number of aliphatic hydroxyl groups is 3. The van der Waals surface area contributed by atoms with Crippen molar-refractivity contribution in [2.24, 2.45) is 0 Å². The normalized spacial score (nSPS) is 20.8. The van der Waals surface area contributed by atoms with Gasteiger partial charge in [-0.3, -0.25) is 0 Å². The smallest absolute Gasteiger partial charge is 0.114 e. The van der Waals surface area contributed by atoms with Gasteiger partial charge in [-0.25, -0.2) is 0 Å². The minimum Gasteiger partial charge on any atom is -0.394 e. The molecular formula is C8H18O5. The first-order valence-corrected chi connectivity index (χ1v) is 4.11. The molecule has 0 unspecified atom stereocenters. The molecule has 0 aromatic heterocycles. The third kappa shape index (κ3) is 3.58. The van der Waals surface area contributed by atoms with Gasteiger partial charge in [-0.05, 0) is 6.92 Å². The standard InChI is InChI=1S/C8H18O5/c1-5(10)7(11)8(13-3)6(4-9)12-2/h5-11H,4H2,1-3H3/t5-,6-,7-,8-/m0/s1.